The second kappa shape index (κ2) is 12.0. The molecule has 2 aromatic rings. The van der Waals surface area contributed by atoms with Crippen molar-refractivity contribution in [3.63, 3.8) is 0 Å². The lowest BCUT2D eigenvalue weighted by Crippen LogP contribution is -2.56. The van der Waals surface area contributed by atoms with Crippen molar-refractivity contribution < 1.29 is 24.2 Å². The third kappa shape index (κ3) is 4.89. The number of carbonyl (C=O) groups is 3. The lowest BCUT2D eigenvalue weighted by molar-refractivity contribution is -0.139. The minimum atomic E-state index is -0.855. The number of aliphatic hydroxyl groups excluding tert-OH is 1. The van der Waals surface area contributed by atoms with Gasteiger partial charge in [-0.1, -0.05) is 46.3 Å². The molecule has 10 heteroatoms. The SMILES string of the molecule is C=CCN(C(=O)C1N(CCO)C(=O)[C@@H]2[C@@H](C(=O)N(CC=C)c3ccccc3)[C@@H]3SC12CC3Br)c1ccc(OC)cc1. The summed E-state index contributed by atoms with van der Waals surface area (Å²) in [6.45, 7) is 7.95. The molecule has 6 atom stereocenters. The molecule has 0 radical (unpaired) electrons. The lowest BCUT2D eigenvalue weighted by Gasteiger charge is -2.38. The Labute approximate surface area is 253 Å². The molecule has 3 aliphatic rings. The Hall–Kier alpha value is -3.08. The number of nitrogens with zero attached hydrogens (tertiary/aromatic N) is 3. The average molecular weight is 641 g/mol. The van der Waals surface area contributed by atoms with Crippen LogP contribution in [-0.4, -0.2) is 81.9 Å². The molecule has 2 aromatic carbocycles. The van der Waals surface area contributed by atoms with Crippen LogP contribution in [-0.2, 0) is 14.4 Å². The quantitative estimate of drug-likeness (QED) is 0.296. The van der Waals surface area contributed by atoms with Crippen molar-refractivity contribution in [2.45, 2.75) is 27.3 Å². The molecular weight excluding hydrogens is 606 g/mol. The van der Waals surface area contributed by atoms with Gasteiger partial charge in [0.2, 0.25) is 11.8 Å². The Balaban J connectivity index is 1.56. The monoisotopic (exact) mass is 639 g/mol. The van der Waals surface area contributed by atoms with Crippen LogP contribution < -0.4 is 14.5 Å². The first kappa shape index (κ1) is 29.4. The van der Waals surface area contributed by atoms with E-state index in [2.05, 4.69) is 29.1 Å². The van der Waals surface area contributed by atoms with E-state index >= 15 is 0 Å². The average Bonchev–Trinajstić information content (AvgIpc) is 3.58. The zero-order valence-corrected chi connectivity index (χ0v) is 25.3. The summed E-state index contributed by atoms with van der Waals surface area (Å²) < 4.78 is 4.46. The van der Waals surface area contributed by atoms with Crippen LogP contribution in [0.1, 0.15) is 6.42 Å². The van der Waals surface area contributed by atoms with E-state index in [4.69, 9.17) is 4.74 Å². The highest BCUT2D eigenvalue weighted by molar-refractivity contribution is 9.09. The van der Waals surface area contributed by atoms with Crippen molar-refractivity contribution >= 4 is 56.8 Å². The molecule has 3 amide bonds. The fraction of sp³-hybridized carbons (Fsp3) is 0.387. The highest BCUT2D eigenvalue weighted by atomic mass is 79.9. The number of aliphatic hydroxyl groups is 1. The van der Waals surface area contributed by atoms with E-state index in [1.54, 1.807) is 65.1 Å². The molecule has 1 spiro atoms. The normalized spacial score (nSPS) is 27.8. The van der Waals surface area contributed by atoms with E-state index in [9.17, 15) is 19.5 Å². The summed E-state index contributed by atoms with van der Waals surface area (Å²) in [5, 5.41) is 9.79. The summed E-state index contributed by atoms with van der Waals surface area (Å²) >= 11 is 5.39. The zero-order chi connectivity index (χ0) is 29.3. The summed E-state index contributed by atoms with van der Waals surface area (Å²) in [6, 6.07) is 15.7. The number of β-amino-alcohol motifs (C(OH)–C–C–N with tert-alkyl or cyclic N) is 1. The smallest absolute Gasteiger partial charge is 0.251 e. The summed E-state index contributed by atoms with van der Waals surface area (Å²) in [6.07, 6.45) is 3.88. The molecule has 0 aromatic heterocycles. The van der Waals surface area contributed by atoms with E-state index in [0.717, 1.165) is 5.69 Å². The summed E-state index contributed by atoms with van der Waals surface area (Å²) in [4.78, 5) is 47.8. The van der Waals surface area contributed by atoms with E-state index < -0.39 is 22.6 Å². The second-order valence-corrected chi connectivity index (χ2v) is 13.1. The van der Waals surface area contributed by atoms with Crippen LogP contribution in [0.4, 0.5) is 11.4 Å². The van der Waals surface area contributed by atoms with Crippen molar-refractivity contribution in [2.75, 3.05) is 43.2 Å². The van der Waals surface area contributed by atoms with Crippen LogP contribution >= 0.6 is 27.7 Å². The van der Waals surface area contributed by atoms with E-state index in [0.29, 0.717) is 24.4 Å². The minimum absolute atomic E-state index is 0.00613. The van der Waals surface area contributed by atoms with E-state index in [1.165, 1.54) is 4.90 Å². The maximum atomic E-state index is 14.5. The molecule has 1 N–H and O–H groups in total. The maximum absolute atomic E-state index is 14.5. The second-order valence-electron chi connectivity index (χ2n) is 10.4. The van der Waals surface area contributed by atoms with Crippen molar-refractivity contribution in [1.29, 1.82) is 0 Å². The number of alkyl halides is 1. The molecule has 3 unspecified atom stereocenters. The summed E-state index contributed by atoms with van der Waals surface area (Å²) in [7, 11) is 1.58. The van der Waals surface area contributed by atoms with Gasteiger partial charge < -0.3 is 24.5 Å². The number of rotatable bonds is 11. The van der Waals surface area contributed by atoms with Gasteiger partial charge in [-0.25, -0.2) is 0 Å². The molecule has 3 aliphatic heterocycles. The molecule has 5 rings (SSSR count). The van der Waals surface area contributed by atoms with Gasteiger partial charge in [-0.15, -0.1) is 24.9 Å². The Morgan fingerprint density at radius 1 is 1.07 bits per heavy atom. The number of carbonyl (C=O) groups excluding carboxylic acids is 3. The number of hydrogen-bond donors (Lipinski definition) is 1. The van der Waals surface area contributed by atoms with Crippen LogP contribution in [0.5, 0.6) is 5.75 Å². The number of likely N-dealkylation sites (tertiary alicyclic amines) is 1. The number of anilines is 2. The number of amides is 3. The first-order valence-corrected chi connectivity index (χ1v) is 15.4. The number of ether oxygens (including phenoxy) is 1. The van der Waals surface area contributed by atoms with Gasteiger partial charge in [0, 0.05) is 41.1 Å². The standard InChI is InChI=1S/C31H34BrN3O5S/c1-4-15-33(20-9-7-6-8-10-20)28(37)24-25-29(38)35(17-18-36)27(31(25)19-23(32)26(24)41-31)30(39)34(16-5-2)21-11-13-22(40-3)14-12-21/h4-14,23-27,36H,1-2,15-19H2,3H3/t23?,24-,25+,26-,27?,31?/m1/s1. The third-order valence-corrected chi connectivity index (χ3v) is 11.5. The summed E-state index contributed by atoms with van der Waals surface area (Å²) in [5.74, 6) is -1.35. The van der Waals surface area contributed by atoms with Crippen LogP contribution in [0.2, 0.25) is 0 Å². The Morgan fingerprint density at radius 3 is 2.27 bits per heavy atom. The Bertz CT molecular complexity index is 1320. The predicted octanol–water partition coefficient (Wildman–Crippen LogP) is 3.89. The van der Waals surface area contributed by atoms with Crippen LogP contribution in [0.25, 0.3) is 0 Å². The fourth-order valence-electron chi connectivity index (χ4n) is 6.64. The van der Waals surface area contributed by atoms with Gasteiger partial charge in [0.05, 0.1) is 30.3 Å². The van der Waals surface area contributed by atoms with E-state index in [-0.39, 0.29) is 47.5 Å². The molecular formula is C31H34BrN3O5S. The van der Waals surface area contributed by atoms with Gasteiger partial charge in [0.1, 0.15) is 11.8 Å². The number of thioether (sulfide) groups is 1. The number of fused-ring (bicyclic) bond motifs is 1. The molecule has 8 nitrogen and oxygen atoms in total. The third-order valence-electron chi connectivity index (χ3n) is 8.26. The number of benzene rings is 2. The molecule has 41 heavy (non-hydrogen) atoms. The van der Waals surface area contributed by atoms with Gasteiger partial charge in [-0.3, -0.25) is 14.4 Å². The molecule has 216 valence electrons. The van der Waals surface area contributed by atoms with Crippen molar-refractivity contribution in [2.24, 2.45) is 11.8 Å². The van der Waals surface area contributed by atoms with Gasteiger partial charge in [-0.05, 0) is 42.8 Å². The maximum Gasteiger partial charge on any atom is 0.251 e. The number of halogens is 1. The summed E-state index contributed by atoms with van der Waals surface area (Å²) in [5.41, 5.74) is 1.38. The van der Waals surface area contributed by atoms with Gasteiger partial charge in [0.25, 0.3) is 5.91 Å². The van der Waals surface area contributed by atoms with Crippen LogP contribution in [0.15, 0.2) is 79.9 Å². The molecule has 0 aliphatic carbocycles. The molecule has 0 saturated carbocycles. The van der Waals surface area contributed by atoms with Gasteiger partial charge >= 0.3 is 0 Å². The van der Waals surface area contributed by atoms with Crippen molar-refractivity contribution in [1.82, 2.24) is 4.90 Å². The molecule has 3 saturated heterocycles. The topological polar surface area (TPSA) is 90.4 Å². The zero-order valence-electron chi connectivity index (χ0n) is 22.9. The largest absolute Gasteiger partial charge is 0.497 e. The number of hydrogen-bond acceptors (Lipinski definition) is 6. The Kier molecular flexibility index (Phi) is 8.63. The minimum Gasteiger partial charge on any atom is -0.497 e. The molecule has 3 fully saturated rings. The van der Waals surface area contributed by atoms with E-state index in [1.807, 2.05) is 30.3 Å². The molecule has 3 heterocycles. The molecule has 2 bridgehead atoms. The lowest BCUT2D eigenvalue weighted by atomic mass is 9.70. The van der Waals surface area contributed by atoms with Crippen molar-refractivity contribution in [3.05, 3.63) is 79.9 Å². The highest BCUT2D eigenvalue weighted by Gasteiger charge is 2.76. The van der Waals surface area contributed by atoms with Gasteiger partial charge in [0.15, 0.2) is 0 Å². The first-order valence-electron chi connectivity index (χ1n) is 13.6. The Morgan fingerprint density at radius 2 is 1.68 bits per heavy atom. The van der Waals surface area contributed by atoms with Crippen LogP contribution in [0, 0.1) is 11.8 Å². The fourth-order valence-corrected chi connectivity index (χ4v) is 10.2. The van der Waals surface area contributed by atoms with Crippen LogP contribution in [0.3, 0.4) is 0 Å². The highest BCUT2D eigenvalue weighted by Crippen LogP contribution is 2.68. The first-order chi connectivity index (χ1) is 19.8. The van der Waals surface area contributed by atoms with Gasteiger partial charge in [-0.2, -0.15) is 0 Å². The predicted molar refractivity (Wildman–Crippen MR) is 166 cm³/mol. The number of para-hydroxylation sites is 1. The van der Waals surface area contributed by atoms with Crippen molar-refractivity contribution in [3.8, 4) is 5.75 Å². The number of methoxy groups -OCH3 is 1.